The molecule has 2 N–H and O–H groups in total. The topological polar surface area (TPSA) is 66.6 Å². The number of amides is 2. The average Bonchev–Trinajstić information content (AvgIpc) is 2.85. The Bertz CT molecular complexity index is 467. The zero-order valence-electron chi connectivity index (χ0n) is 12.0. The first-order valence-corrected chi connectivity index (χ1v) is 7.00. The maximum absolute atomic E-state index is 12.3. The van der Waals surface area contributed by atoms with Gasteiger partial charge in [-0.3, -0.25) is 9.59 Å². The van der Waals surface area contributed by atoms with E-state index in [9.17, 15) is 9.59 Å². The summed E-state index contributed by atoms with van der Waals surface area (Å²) in [6, 6.07) is 9.81. The molecule has 0 aromatic heterocycles. The molecule has 0 aliphatic carbocycles. The standard InChI is InChI=1S/C15H21N3O2.ClH/c16-8-10-18(11-13-5-2-1-3-6-13)15(20)12-17-9-4-7-14(17)19;/h1-3,5-6H,4,7-12,16H2;1H. The van der Waals surface area contributed by atoms with E-state index in [2.05, 4.69) is 0 Å². The van der Waals surface area contributed by atoms with E-state index in [0.717, 1.165) is 12.0 Å². The van der Waals surface area contributed by atoms with Gasteiger partial charge in [-0.1, -0.05) is 30.3 Å². The predicted molar refractivity (Wildman–Crippen MR) is 84.0 cm³/mol. The molecule has 1 aliphatic rings. The van der Waals surface area contributed by atoms with Crippen molar-refractivity contribution in [1.29, 1.82) is 0 Å². The number of benzene rings is 1. The summed E-state index contributed by atoms with van der Waals surface area (Å²) in [6.07, 6.45) is 1.41. The molecule has 2 amide bonds. The highest BCUT2D eigenvalue weighted by molar-refractivity contribution is 5.86. The molecule has 1 aliphatic heterocycles. The molecular formula is C15H22ClN3O2. The monoisotopic (exact) mass is 311 g/mol. The molecule has 0 unspecified atom stereocenters. The minimum Gasteiger partial charge on any atom is -0.336 e. The van der Waals surface area contributed by atoms with Gasteiger partial charge in [0.2, 0.25) is 11.8 Å². The van der Waals surface area contributed by atoms with Crippen molar-refractivity contribution in [3.05, 3.63) is 35.9 Å². The molecule has 0 radical (unpaired) electrons. The fourth-order valence-electron chi connectivity index (χ4n) is 2.39. The van der Waals surface area contributed by atoms with Crippen LogP contribution in [0.4, 0.5) is 0 Å². The third-order valence-electron chi connectivity index (χ3n) is 3.47. The molecule has 0 spiro atoms. The molecule has 0 atom stereocenters. The van der Waals surface area contributed by atoms with Crippen molar-refractivity contribution in [2.75, 3.05) is 26.2 Å². The van der Waals surface area contributed by atoms with E-state index in [-0.39, 0.29) is 30.8 Å². The van der Waals surface area contributed by atoms with Gasteiger partial charge in [0.1, 0.15) is 0 Å². The van der Waals surface area contributed by atoms with Gasteiger partial charge in [0.05, 0.1) is 6.54 Å². The number of carbonyl (C=O) groups is 2. The Kier molecular flexibility index (Phi) is 7.19. The zero-order valence-corrected chi connectivity index (χ0v) is 12.8. The van der Waals surface area contributed by atoms with Crippen LogP contribution in [-0.2, 0) is 16.1 Å². The molecule has 21 heavy (non-hydrogen) atoms. The number of nitrogens with two attached hydrogens (primary N) is 1. The SMILES string of the molecule is Cl.NCCN(Cc1ccccc1)C(=O)CN1CCCC1=O. The van der Waals surface area contributed by atoms with Crippen LogP contribution < -0.4 is 5.73 Å². The van der Waals surface area contributed by atoms with Gasteiger partial charge in [-0.05, 0) is 12.0 Å². The van der Waals surface area contributed by atoms with Gasteiger partial charge in [-0.15, -0.1) is 12.4 Å². The summed E-state index contributed by atoms with van der Waals surface area (Å²) in [7, 11) is 0. The Hall–Kier alpha value is -1.59. The molecule has 1 saturated heterocycles. The second kappa shape index (κ2) is 8.64. The third kappa shape index (κ3) is 5.02. The van der Waals surface area contributed by atoms with Crippen molar-refractivity contribution in [1.82, 2.24) is 9.80 Å². The Morgan fingerprint density at radius 1 is 1.29 bits per heavy atom. The van der Waals surface area contributed by atoms with Crippen LogP contribution in [0.25, 0.3) is 0 Å². The molecule has 1 heterocycles. The predicted octanol–water partition coefficient (Wildman–Crippen LogP) is 1.02. The largest absolute Gasteiger partial charge is 0.336 e. The summed E-state index contributed by atoms with van der Waals surface area (Å²) in [5, 5.41) is 0. The fourth-order valence-corrected chi connectivity index (χ4v) is 2.39. The van der Waals surface area contributed by atoms with Crippen molar-refractivity contribution < 1.29 is 9.59 Å². The van der Waals surface area contributed by atoms with Crippen LogP contribution in [0.5, 0.6) is 0 Å². The summed E-state index contributed by atoms with van der Waals surface area (Å²) < 4.78 is 0. The van der Waals surface area contributed by atoms with E-state index in [1.165, 1.54) is 0 Å². The average molecular weight is 312 g/mol. The van der Waals surface area contributed by atoms with E-state index in [1.54, 1.807) is 9.80 Å². The van der Waals surface area contributed by atoms with Gasteiger partial charge in [0.15, 0.2) is 0 Å². The van der Waals surface area contributed by atoms with Gasteiger partial charge >= 0.3 is 0 Å². The van der Waals surface area contributed by atoms with Crippen LogP contribution in [0.15, 0.2) is 30.3 Å². The normalized spacial score (nSPS) is 14.0. The number of rotatable bonds is 6. The second-order valence-electron chi connectivity index (χ2n) is 5.01. The molecule has 116 valence electrons. The molecule has 6 heteroatoms. The minimum absolute atomic E-state index is 0. The van der Waals surface area contributed by atoms with E-state index in [4.69, 9.17) is 5.73 Å². The summed E-state index contributed by atoms with van der Waals surface area (Å²) >= 11 is 0. The highest BCUT2D eigenvalue weighted by atomic mass is 35.5. The van der Waals surface area contributed by atoms with Gasteiger partial charge in [-0.2, -0.15) is 0 Å². The second-order valence-corrected chi connectivity index (χ2v) is 5.01. The summed E-state index contributed by atoms with van der Waals surface area (Å²) in [4.78, 5) is 27.3. The van der Waals surface area contributed by atoms with Gasteiger partial charge in [0.25, 0.3) is 0 Å². The summed E-state index contributed by atoms with van der Waals surface area (Å²) in [6.45, 7) is 2.33. The molecule has 1 aromatic rings. The van der Waals surface area contributed by atoms with E-state index < -0.39 is 0 Å². The van der Waals surface area contributed by atoms with Gasteiger partial charge in [0, 0.05) is 32.6 Å². The number of halogens is 1. The number of nitrogens with zero attached hydrogens (tertiary/aromatic N) is 2. The lowest BCUT2D eigenvalue weighted by Crippen LogP contribution is -2.42. The van der Waals surface area contributed by atoms with E-state index in [1.807, 2.05) is 30.3 Å². The van der Waals surface area contributed by atoms with Crippen LogP contribution >= 0.6 is 12.4 Å². The van der Waals surface area contributed by atoms with Gasteiger partial charge < -0.3 is 15.5 Å². The Morgan fingerprint density at radius 2 is 2.00 bits per heavy atom. The van der Waals surface area contributed by atoms with Crippen molar-refractivity contribution >= 4 is 24.2 Å². The number of hydrogen-bond donors (Lipinski definition) is 1. The van der Waals surface area contributed by atoms with Crippen LogP contribution in [0.1, 0.15) is 18.4 Å². The number of carbonyl (C=O) groups excluding carboxylic acids is 2. The molecular weight excluding hydrogens is 290 g/mol. The molecule has 1 fully saturated rings. The molecule has 0 bridgehead atoms. The van der Waals surface area contributed by atoms with E-state index >= 15 is 0 Å². The summed E-state index contributed by atoms with van der Waals surface area (Å²) in [5.41, 5.74) is 6.65. The van der Waals surface area contributed by atoms with Crippen LogP contribution in [-0.4, -0.2) is 47.8 Å². The first kappa shape index (κ1) is 17.5. The van der Waals surface area contributed by atoms with Crippen molar-refractivity contribution in [2.45, 2.75) is 19.4 Å². The van der Waals surface area contributed by atoms with Crippen molar-refractivity contribution in [3.63, 3.8) is 0 Å². The van der Waals surface area contributed by atoms with Crippen LogP contribution in [0, 0.1) is 0 Å². The van der Waals surface area contributed by atoms with Crippen molar-refractivity contribution in [3.8, 4) is 0 Å². The lowest BCUT2D eigenvalue weighted by Gasteiger charge is -2.25. The zero-order chi connectivity index (χ0) is 14.4. The third-order valence-corrected chi connectivity index (χ3v) is 3.47. The maximum atomic E-state index is 12.3. The lowest BCUT2D eigenvalue weighted by atomic mass is 10.2. The highest BCUT2D eigenvalue weighted by Crippen LogP contribution is 2.11. The Balaban J connectivity index is 0.00000220. The van der Waals surface area contributed by atoms with E-state index in [0.29, 0.717) is 32.6 Å². The Labute approximate surface area is 131 Å². The number of hydrogen-bond acceptors (Lipinski definition) is 3. The molecule has 2 rings (SSSR count). The van der Waals surface area contributed by atoms with Crippen LogP contribution in [0.2, 0.25) is 0 Å². The first-order valence-electron chi connectivity index (χ1n) is 7.00. The number of likely N-dealkylation sites (tertiary alicyclic amines) is 1. The maximum Gasteiger partial charge on any atom is 0.242 e. The van der Waals surface area contributed by atoms with Gasteiger partial charge in [-0.25, -0.2) is 0 Å². The molecule has 1 aromatic carbocycles. The van der Waals surface area contributed by atoms with Crippen molar-refractivity contribution in [2.24, 2.45) is 5.73 Å². The molecule has 5 nitrogen and oxygen atoms in total. The lowest BCUT2D eigenvalue weighted by molar-refractivity contribution is -0.138. The highest BCUT2D eigenvalue weighted by Gasteiger charge is 2.24. The smallest absolute Gasteiger partial charge is 0.242 e. The molecule has 0 saturated carbocycles. The fraction of sp³-hybridized carbons (Fsp3) is 0.467. The quantitative estimate of drug-likeness (QED) is 0.853. The minimum atomic E-state index is -0.0328. The van der Waals surface area contributed by atoms with Crippen LogP contribution in [0.3, 0.4) is 0 Å². The first-order chi connectivity index (χ1) is 9.70. The summed E-state index contributed by atoms with van der Waals surface area (Å²) in [5.74, 6) is 0.0420. The Morgan fingerprint density at radius 3 is 2.57 bits per heavy atom.